The zero-order chi connectivity index (χ0) is 13.8. The van der Waals surface area contributed by atoms with Crippen LogP contribution >= 0.6 is 0 Å². The Morgan fingerprint density at radius 2 is 1.84 bits per heavy atom. The summed E-state index contributed by atoms with van der Waals surface area (Å²) in [4.78, 5) is 0. The van der Waals surface area contributed by atoms with Crippen molar-refractivity contribution in [2.45, 2.75) is 6.54 Å². The second kappa shape index (κ2) is 5.63. The SMILES string of the molecule is COc1cc(CN)cc(-c2cccc(N)c2)c1OC. The Kier molecular flexibility index (Phi) is 3.92. The molecule has 0 spiro atoms. The fourth-order valence-corrected chi connectivity index (χ4v) is 2.06. The summed E-state index contributed by atoms with van der Waals surface area (Å²) < 4.78 is 10.8. The van der Waals surface area contributed by atoms with Crippen molar-refractivity contribution in [3.8, 4) is 22.6 Å². The molecule has 4 N–H and O–H groups in total. The van der Waals surface area contributed by atoms with Crippen LogP contribution in [0.3, 0.4) is 0 Å². The second-order valence-corrected chi connectivity index (χ2v) is 4.21. The molecule has 0 amide bonds. The Balaban J connectivity index is 2.66. The zero-order valence-corrected chi connectivity index (χ0v) is 11.1. The highest BCUT2D eigenvalue weighted by Crippen LogP contribution is 2.39. The molecule has 0 heterocycles. The van der Waals surface area contributed by atoms with Gasteiger partial charge in [-0.1, -0.05) is 12.1 Å². The number of nitrogens with two attached hydrogens (primary N) is 2. The van der Waals surface area contributed by atoms with Crippen LogP contribution in [0.15, 0.2) is 36.4 Å². The summed E-state index contributed by atoms with van der Waals surface area (Å²) in [5, 5.41) is 0. The van der Waals surface area contributed by atoms with Gasteiger partial charge in [-0.15, -0.1) is 0 Å². The minimum absolute atomic E-state index is 0.440. The van der Waals surface area contributed by atoms with E-state index in [0.717, 1.165) is 16.7 Å². The molecule has 100 valence electrons. The number of hydrogen-bond donors (Lipinski definition) is 2. The van der Waals surface area contributed by atoms with Gasteiger partial charge >= 0.3 is 0 Å². The van der Waals surface area contributed by atoms with Gasteiger partial charge in [-0.2, -0.15) is 0 Å². The van der Waals surface area contributed by atoms with Crippen molar-refractivity contribution in [1.29, 1.82) is 0 Å². The van der Waals surface area contributed by atoms with Crippen LogP contribution in [-0.4, -0.2) is 14.2 Å². The molecule has 0 unspecified atom stereocenters. The fraction of sp³-hybridized carbons (Fsp3) is 0.200. The van der Waals surface area contributed by atoms with Crippen LogP contribution in [0.1, 0.15) is 5.56 Å². The Bertz CT molecular complexity index is 582. The molecule has 0 aliphatic rings. The van der Waals surface area contributed by atoms with Gasteiger partial charge in [0.05, 0.1) is 14.2 Å². The van der Waals surface area contributed by atoms with E-state index in [1.54, 1.807) is 14.2 Å². The van der Waals surface area contributed by atoms with Crippen molar-refractivity contribution in [2.75, 3.05) is 20.0 Å². The van der Waals surface area contributed by atoms with Gasteiger partial charge in [-0.25, -0.2) is 0 Å². The third-order valence-electron chi connectivity index (χ3n) is 2.97. The lowest BCUT2D eigenvalue weighted by molar-refractivity contribution is 0.355. The van der Waals surface area contributed by atoms with Gasteiger partial charge < -0.3 is 20.9 Å². The molecule has 0 atom stereocenters. The van der Waals surface area contributed by atoms with E-state index in [1.165, 1.54) is 0 Å². The molecule has 4 nitrogen and oxygen atoms in total. The first-order valence-corrected chi connectivity index (χ1v) is 6.00. The van der Waals surface area contributed by atoms with Crippen LogP contribution in [0.2, 0.25) is 0 Å². The number of methoxy groups -OCH3 is 2. The summed E-state index contributed by atoms with van der Waals surface area (Å²) >= 11 is 0. The molecule has 0 saturated heterocycles. The molecule has 0 bridgehead atoms. The normalized spacial score (nSPS) is 10.3. The molecule has 4 heteroatoms. The number of hydrogen-bond acceptors (Lipinski definition) is 4. The lowest BCUT2D eigenvalue weighted by atomic mass is 10.0. The van der Waals surface area contributed by atoms with Gasteiger partial charge in [0.1, 0.15) is 0 Å². The average molecular weight is 258 g/mol. The van der Waals surface area contributed by atoms with E-state index in [-0.39, 0.29) is 0 Å². The highest BCUT2D eigenvalue weighted by molar-refractivity contribution is 5.76. The number of benzene rings is 2. The number of anilines is 1. The predicted molar refractivity (Wildman–Crippen MR) is 77.3 cm³/mol. The molecular weight excluding hydrogens is 240 g/mol. The first-order valence-electron chi connectivity index (χ1n) is 6.00. The molecular formula is C15H18N2O2. The zero-order valence-electron chi connectivity index (χ0n) is 11.1. The lowest BCUT2D eigenvalue weighted by Crippen LogP contribution is -2.00. The van der Waals surface area contributed by atoms with Crippen molar-refractivity contribution < 1.29 is 9.47 Å². The molecule has 0 aromatic heterocycles. The van der Waals surface area contributed by atoms with Crippen LogP contribution in [0.4, 0.5) is 5.69 Å². The third-order valence-corrected chi connectivity index (χ3v) is 2.97. The quantitative estimate of drug-likeness (QED) is 0.826. The summed E-state index contributed by atoms with van der Waals surface area (Å²) in [7, 11) is 3.23. The van der Waals surface area contributed by atoms with Crippen LogP contribution in [0.5, 0.6) is 11.5 Å². The first-order chi connectivity index (χ1) is 9.19. The molecule has 0 radical (unpaired) electrons. The molecule has 2 aromatic carbocycles. The van der Waals surface area contributed by atoms with Crippen molar-refractivity contribution >= 4 is 5.69 Å². The third kappa shape index (κ3) is 2.63. The van der Waals surface area contributed by atoms with E-state index >= 15 is 0 Å². The molecule has 0 aliphatic carbocycles. The van der Waals surface area contributed by atoms with Gasteiger partial charge in [0, 0.05) is 17.8 Å². The molecule has 2 aromatic rings. The van der Waals surface area contributed by atoms with Crippen molar-refractivity contribution in [3.63, 3.8) is 0 Å². The van der Waals surface area contributed by atoms with E-state index < -0.39 is 0 Å². The van der Waals surface area contributed by atoms with Gasteiger partial charge in [0.15, 0.2) is 11.5 Å². The summed E-state index contributed by atoms with van der Waals surface area (Å²) in [5.41, 5.74) is 15.1. The van der Waals surface area contributed by atoms with Crippen LogP contribution < -0.4 is 20.9 Å². The molecule has 2 rings (SSSR count). The van der Waals surface area contributed by atoms with Crippen LogP contribution in [0.25, 0.3) is 11.1 Å². The summed E-state index contributed by atoms with van der Waals surface area (Å²) in [6.45, 7) is 0.440. The lowest BCUT2D eigenvalue weighted by Gasteiger charge is -2.15. The Morgan fingerprint density at radius 1 is 1.05 bits per heavy atom. The van der Waals surface area contributed by atoms with Gasteiger partial charge in [-0.05, 0) is 35.4 Å². The molecule has 0 fully saturated rings. The van der Waals surface area contributed by atoms with Crippen LogP contribution in [-0.2, 0) is 6.54 Å². The van der Waals surface area contributed by atoms with E-state index in [4.69, 9.17) is 20.9 Å². The monoisotopic (exact) mass is 258 g/mol. The molecule has 19 heavy (non-hydrogen) atoms. The number of ether oxygens (including phenoxy) is 2. The molecule has 0 saturated carbocycles. The van der Waals surface area contributed by atoms with E-state index in [1.807, 2.05) is 36.4 Å². The first kappa shape index (κ1) is 13.2. The topological polar surface area (TPSA) is 70.5 Å². The molecule has 0 aliphatic heterocycles. The Labute approximate surface area is 112 Å². The van der Waals surface area contributed by atoms with Crippen LogP contribution in [0, 0.1) is 0 Å². The maximum absolute atomic E-state index is 5.83. The predicted octanol–water partition coefficient (Wildman–Crippen LogP) is 2.41. The van der Waals surface area contributed by atoms with Crippen molar-refractivity contribution in [2.24, 2.45) is 5.73 Å². The van der Waals surface area contributed by atoms with E-state index in [0.29, 0.717) is 23.7 Å². The Morgan fingerprint density at radius 3 is 2.42 bits per heavy atom. The summed E-state index contributed by atoms with van der Waals surface area (Å²) in [5.74, 6) is 1.35. The van der Waals surface area contributed by atoms with Crippen molar-refractivity contribution in [1.82, 2.24) is 0 Å². The van der Waals surface area contributed by atoms with Gasteiger partial charge in [0.25, 0.3) is 0 Å². The highest BCUT2D eigenvalue weighted by Gasteiger charge is 2.13. The summed E-state index contributed by atoms with van der Waals surface area (Å²) in [6, 6.07) is 11.5. The minimum Gasteiger partial charge on any atom is -0.493 e. The minimum atomic E-state index is 0.440. The average Bonchev–Trinajstić information content (AvgIpc) is 2.45. The smallest absolute Gasteiger partial charge is 0.168 e. The second-order valence-electron chi connectivity index (χ2n) is 4.21. The summed E-state index contributed by atoms with van der Waals surface area (Å²) in [6.07, 6.45) is 0. The standard InChI is InChI=1S/C15H18N2O2/c1-18-14-7-10(9-16)6-13(15(14)19-2)11-4-3-5-12(17)8-11/h3-8H,9,16-17H2,1-2H3. The number of nitrogen functional groups attached to an aromatic ring is 1. The highest BCUT2D eigenvalue weighted by atomic mass is 16.5. The van der Waals surface area contributed by atoms with Gasteiger partial charge in [-0.3, -0.25) is 0 Å². The number of rotatable bonds is 4. The van der Waals surface area contributed by atoms with E-state index in [2.05, 4.69) is 0 Å². The van der Waals surface area contributed by atoms with E-state index in [9.17, 15) is 0 Å². The fourth-order valence-electron chi connectivity index (χ4n) is 2.06. The van der Waals surface area contributed by atoms with Crippen molar-refractivity contribution in [3.05, 3.63) is 42.0 Å². The van der Waals surface area contributed by atoms with Gasteiger partial charge in [0.2, 0.25) is 0 Å². The maximum atomic E-state index is 5.83. The maximum Gasteiger partial charge on any atom is 0.168 e. The largest absolute Gasteiger partial charge is 0.493 e. The Hall–Kier alpha value is -2.20.